The summed E-state index contributed by atoms with van der Waals surface area (Å²) in [6.07, 6.45) is 4.99. The summed E-state index contributed by atoms with van der Waals surface area (Å²) in [6.45, 7) is 7.85. The van der Waals surface area contributed by atoms with Gasteiger partial charge in [-0.05, 0) is 32.6 Å². The lowest BCUT2D eigenvalue weighted by atomic mass is 10.2. The molecule has 2 aliphatic rings. The van der Waals surface area contributed by atoms with E-state index in [2.05, 4.69) is 33.7 Å². The van der Waals surface area contributed by atoms with Crippen molar-refractivity contribution in [3.63, 3.8) is 0 Å². The zero-order valence-corrected chi connectivity index (χ0v) is 16.3. The molecule has 2 aliphatic heterocycles. The highest BCUT2D eigenvalue weighted by molar-refractivity contribution is 14.0. The third kappa shape index (κ3) is 6.50. The minimum atomic E-state index is 0. The largest absolute Gasteiger partial charge is 0.373 e. The van der Waals surface area contributed by atoms with Crippen LogP contribution in [0.4, 0.5) is 0 Å². The van der Waals surface area contributed by atoms with E-state index in [9.17, 15) is 0 Å². The van der Waals surface area contributed by atoms with Crippen LogP contribution in [0.15, 0.2) is 4.99 Å². The van der Waals surface area contributed by atoms with Gasteiger partial charge in [-0.2, -0.15) is 11.8 Å². The van der Waals surface area contributed by atoms with Crippen LogP contribution in [0, 0.1) is 0 Å². The summed E-state index contributed by atoms with van der Waals surface area (Å²) in [5, 5.41) is 6.64. The van der Waals surface area contributed by atoms with Crippen LogP contribution in [0.5, 0.6) is 0 Å². The lowest BCUT2D eigenvalue weighted by Gasteiger charge is -2.34. The van der Waals surface area contributed by atoms with Crippen molar-refractivity contribution in [3.05, 3.63) is 0 Å². The van der Waals surface area contributed by atoms with E-state index >= 15 is 0 Å². The minimum absolute atomic E-state index is 0. The molecule has 2 fully saturated rings. The molecular weight excluding hydrogens is 399 g/mol. The Labute approximate surface area is 150 Å². The lowest BCUT2D eigenvalue weighted by Crippen LogP contribution is -2.47. The monoisotopic (exact) mass is 428 g/mol. The number of nitrogens with zero attached hydrogens (tertiary/aromatic N) is 2. The van der Waals surface area contributed by atoms with Gasteiger partial charge >= 0.3 is 0 Å². The minimum Gasteiger partial charge on any atom is -0.373 e. The first-order chi connectivity index (χ1) is 9.83. The summed E-state index contributed by atoms with van der Waals surface area (Å²) >= 11 is 1.84. The van der Waals surface area contributed by atoms with Crippen LogP contribution in [0.3, 0.4) is 0 Å². The van der Waals surface area contributed by atoms with Gasteiger partial charge in [0.1, 0.15) is 0 Å². The molecule has 0 aromatic rings. The van der Waals surface area contributed by atoms with Gasteiger partial charge in [0.25, 0.3) is 0 Å². The molecule has 0 aliphatic carbocycles. The fraction of sp³-hybridized carbons (Fsp3) is 0.929. The summed E-state index contributed by atoms with van der Waals surface area (Å²) in [5.74, 6) is 2.01. The van der Waals surface area contributed by atoms with Crippen LogP contribution < -0.4 is 10.6 Å². The zero-order chi connectivity index (χ0) is 14.2. The fourth-order valence-corrected chi connectivity index (χ4v) is 3.11. The van der Waals surface area contributed by atoms with E-state index in [4.69, 9.17) is 4.74 Å². The molecule has 124 valence electrons. The number of rotatable bonds is 6. The summed E-state index contributed by atoms with van der Waals surface area (Å²) in [7, 11) is 0. The predicted molar refractivity (Wildman–Crippen MR) is 102 cm³/mol. The second-order valence-electron chi connectivity index (χ2n) is 5.39. The van der Waals surface area contributed by atoms with Crippen LogP contribution in [0.1, 0.15) is 19.8 Å². The Kier molecular flexibility index (Phi) is 10.0. The van der Waals surface area contributed by atoms with Crippen molar-refractivity contribution in [2.75, 3.05) is 51.3 Å². The molecule has 2 rings (SSSR count). The van der Waals surface area contributed by atoms with E-state index in [-0.39, 0.29) is 30.1 Å². The Bertz CT molecular complexity index is 319. The molecule has 0 aromatic heterocycles. The number of guanidine groups is 1. The van der Waals surface area contributed by atoms with E-state index < -0.39 is 0 Å². The Balaban J connectivity index is 0.00000220. The van der Waals surface area contributed by atoms with Crippen molar-refractivity contribution in [3.8, 4) is 0 Å². The molecule has 2 N–H and O–H groups in total. The molecule has 7 heteroatoms. The highest BCUT2D eigenvalue weighted by Crippen LogP contribution is 2.22. The summed E-state index contributed by atoms with van der Waals surface area (Å²) in [5.41, 5.74) is 0. The van der Waals surface area contributed by atoms with Crippen LogP contribution in [0.2, 0.25) is 0 Å². The highest BCUT2D eigenvalue weighted by atomic mass is 127. The first-order valence-corrected chi connectivity index (χ1v) is 9.09. The topological polar surface area (TPSA) is 48.9 Å². The summed E-state index contributed by atoms with van der Waals surface area (Å²) < 4.78 is 5.94. The Morgan fingerprint density at radius 1 is 1.43 bits per heavy atom. The maximum Gasteiger partial charge on any atom is 0.191 e. The SMILES string of the molecule is CCNC(=NCC1CN2CCCC2CO1)NCCSC.I. The van der Waals surface area contributed by atoms with Crippen LogP contribution in [0.25, 0.3) is 0 Å². The molecule has 0 bridgehead atoms. The highest BCUT2D eigenvalue weighted by Gasteiger charge is 2.31. The number of aliphatic imine (C=N–C) groups is 1. The van der Waals surface area contributed by atoms with Crippen molar-refractivity contribution in [2.45, 2.75) is 31.9 Å². The van der Waals surface area contributed by atoms with Gasteiger partial charge < -0.3 is 15.4 Å². The molecule has 0 radical (unpaired) electrons. The maximum atomic E-state index is 5.94. The third-order valence-electron chi connectivity index (χ3n) is 3.86. The maximum absolute atomic E-state index is 5.94. The predicted octanol–water partition coefficient (Wildman–Crippen LogP) is 1.39. The van der Waals surface area contributed by atoms with Gasteiger partial charge in [0.05, 0.1) is 19.3 Å². The Hall–Kier alpha value is 0.270. The number of hydrogen-bond acceptors (Lipinski definition) is 4. The van der Waals surface area contributed by atoms with E-state index in [1.807, 2.05) is 11.8 Å². The number of thioether (sulfide) groups is 1. The van der Waals surface area contributed by atoms with Crippen LogP contribution >= 0.6 is 35.7 Å². The first kappa shape index (κ1) is 19.3. The van der Waals surface area contributed by atoms with E-state index in [1.165, 1.54) is 19.4 Å². The molecule has 2 unspecified atom stereocenters. The van der Waals surface area contributed by atoms with Crippen molar-refractivity contribution >= 4 is 41.7 Å². The molecule has 2 heterocycles. The molecule has 2 saturated heterocycles. The lowest BCUT2D eigenvalue weighted by molar-refractivity contribution is -0.0432. The Morgan fingerprint density at radius 3 is 3.05 bits per heavy atom. The molecule has 0 spiro atoms. The standard InChI is InChI=1S/C14H28N4OS.HI/c1-3-15-14(16-6-8-20-2)17-9-13-10-18-7-4-5-12(18)11-19-13;/h12-13H,3-11H2,1-2H3,(H2,15,16,17);1H. The third-order valence-corrected chi connectivity index (χ3v) is 4.47. The smallest absolute Gasteiger partial charge is 0.191 e. The van der Waals surface area contributed by atoms with E-state index in [1.54, 1.807) is 0 Å². The molecule has 21 heavy (non-hydrogen) atoms. The van der Waals surface area contributed by atoms with Gasteiger partial charge in [-0.15, -0.1) is 24.0 Å². The van der Waals surface area contributed by atoms with Crippen LogP contribution in [-0.4, -0.2) is 74.3 Å². The molecular formula is C14H29IN4OS. The fourth-order valence-electron chi connectivity index (χ4n) is 2.80. The molecule has 0 aromatic carbocycles. The zero-order valence-electron chi connectivity index (χ0n) is 13.1. The number of nitrogens with one attached hydrogen (secondary N) is 2. The average molecular weight is 428 g/mol. The van der Waals surface area contributed by atoms with Crippen molar-refractivity contribution in [1.29, 1.82) is 0 Å². The van der Waals surface area contributed by atoms with Gasteiger partial charge in [0, 0.05) is 31.4 Å². The van der Waals surface area contributed by atoms with Gasteiger partial charge in [-0.3, -0.25) is 9.89 Å². The van der Waals surface area contributed by atoms with E-state index in [0.717, 1.165) is 44.5 Å². The second-order valence-corrected chi connectivity index (χ2v) is 6.37. The van der Waals surface area contributed by atoms with Gasteiger partial charge in [0.2, 0.25) is 0 Å². The number of fused-ring (bicyclic) bond motifs is 1. The number of halogens is 1. The summed E-state index contributed by atoms with van der Waals surface area (Å²) in [6, 6.07) is 0.670. The van der Waals surface area contributed by atoms with Gasteiger partial charge in [-0.25, -0.2) is 0 Å². The van der Waals surface area contributed by atoms with Crippen molar-refractivity contribution in [1.82, 2.24) is 15.5 Å². The molecule has 2 atom stereocenters. The number of ether oxygens (including phenoxy) is 1. The average Bonchev–Trinajstić information content (AvgIpc) is 2.92. The summed E-state index contributed by atoms with van der Waals surface area (Å²) in [4.78, 5) is 7.22. The molecule has 0 amide bonds. The molecule has 0 saturated carbocycles. The first-order valence-electron chi connectivity index (χ1n) is 7.70. The number of hydrogen-bond donors (Lipinski definition) is 2. The second kappa shape index (κ2) is 10.9. The van der Waals surface area contributed by atoms with E-state index in [0.29, 0.717) is 6.04 Å². The molecule has 5 nitrogen and oxygen atoms in total. The van der Waals surface area contributed by atoms with Crippen molar-refractivity contribution < 1.29 is 4.74 Å². The quantitative estimate of drug-likeness (QED) is 0.290. The number of morpholine rings is 1. The van der Waals surface area contributed by atoms with Gasteiger partial charge in [0.15, 0.2) is 5.96 Å². The van der Waals surface area contributed by atoms with Crippen LogP contribution in [-0.2, 0) is 4.74 Å². The Morgan fingerprint density at radius 2 is 2.29 bits per heavy atom. The normalized spacial score (nSPS) is 26.1. The van der Waals surface area contributed by atoms with Gasteiger partial charge in [-0.1, -0.05) is 0 Å². The van der Waals surface area contributed by atoms with Crippen molar-refractivity contribution in [2.24, 2.45) is 4.99 Å².